The molecule has 2 rings (SSSR count). The second kappa shape index (κ2) is 7.01. The van der Waals surface area contributed by atoms with Crippen molar-refractivity contribution < 1.29 is 0 Å². The predicted molar refractivity (Wildman–Crippen MR) is 85.8 cm³/mol. The lowest BCUT2D eigenvalue weighted by Crippen LogP contribution is -2.47. The van der Waals surface area contributed by atoms with Crippen LogP contribution >= 0.6 is 11.8 Å². The predicted octanol–water partition coefficient (Wildman–Crippen LogP) is 4.26. The lowest BCUT2D eigenvalue weighted by molar-refractivity contribution is 0.135. The van der Waals surface area contributed by atoms with E-state index in [1.54, 1.807) is 11.8 Å². The van der Waals surface area contributed by atoms with Crippen molar-refractivity contribution >= 4 is 17.4 Å². The number of piperidine rings is 1. The van der Waals surface area contributed by atoms with Crippen LogP contribution in [0, 0.1) is 11.3 Å². The fraction of sp³-hybridized carbons (Fsp3) is 0.562. The highest BCUT2D eigenvalue weighted by Crippen LogP contribution is 2.30. The molecule has 1 aromatic carbocycles. The summed E-state index contributed by atoms with van der Waals surface area (Å²) < 4.78 is 0. The molecule has 2 unspecified atom stereocenters. The molecule has 1 fully saturated rings. The highest BCUT2D eigenvalue weighted by atomic mass is 32.2. The van der Waals surface area contributed by atoms with Gasteiger partial charge in [0.25, 0.3) is 0 Å². The van der Waals surface area contributed by atoms with Crippen molar-refractivity contribution in [1.29, 1.82) is 5.26 Å². The van der Waals surface area contributed by atoms with Gasteiger partial charge in [-0.05, 0) is 44.6 Å². The summed E-state index contributed by atoms with van der Waals surface area (Å²) in [5.74, 6) is 0.981. The van der Waals surface area contributed by atoms with E-state index >= 15 is 0 Å². The maximum Gasteiger partial charge on any atom is 0.103 e. The van der Waals surface area contributed by atoms with E-state index in [0.29, 0.717) is 12.1 Å². The maximum absolute atomic E-state index is 9.47. The van der Waals surface area contributed by atoms with Gasteiger partial charge in [0, 0.05) is 17.0 Å². The topological polar surface area (TPSA) is 39.1 Å². The molecule has 0 aromatic heterocycles. The Bertz CT molecular complexity index is 485. The number of nitrogens with zero attached hydrogens (tertiary/aromatic N) is 2. The lowest BCUT2D eigenvalue weighted by Gasteiger charge is -2.39. The van der Waals surface area contributed by atoms with Gasteiger partial charge in [-0.15, -0.1) is 11.8 Å². The van der Waals surface area contributed by atoms with Gasteiger partial charge in [-0.25, -0.2) is 5.01 Å². The number of anilines is 1. The molecule has 1 aliphatic rings. The third-order valence-corrected chi connectivity index (χ3v) is 4.82. The fourth-order valence-electron chi connectivity index (χ4n) is 2.80. The first-order chi connectivity index (χ1) is 9.67. The monoisotopic (exact) mass is 289 g/mol. The second-order valence-corrected chi connectivity index (χ2v) is 6.68. The molecule has 1 heterocycles. The molecule has 20 heavy (non-hydrogen) atoms. The summed E-state index contributed by atoms with van der Waals surface area (Å²) in [5.41, 5.74) is 5.20. The molecule has 1 aromatic rings. The van der Waals surface area contributed by atoms with E-state index in [-0.39, 0.29) is 0 Å². The zero-order chi connectivity index (χ0) is 14.5. The van der Waals surface area contributed by atoms with E-state index in [1.807, 2.05) is 18.2 Å². The van der Waals surface area contributed by atoms with Gasteiger partial charge in [0.2, 0.25) is 0 Å². The molecule has 1 aliphatic heterocycles. The molecule has 108 valence electrons. The molecule has 0 radical (unpaired) electrons. The Morgan fingerprint density at radius 2 is 2.05 bits per heavy atom. The molecule has 1 N–H and O–H groups in total. The Kier molecular flexibility index (Phi) is 5.33. The third-order valence-electron chi connectivity index (χ3n) is 3.88. The normalized spacial score (nSPS) is 23.3. The van der Waals surface area contributed by atoms with Crippen molar-refractivity contribution in [3.8, 4) is 6.07 Å². The van der Waals surface area contributed by atoms with Gasteiger partial charge in [-0.3, -0.25) is 0 Å². The number of benzene rings is 1. The number of nitrogens with one attached hydrogen (secondary N) is 1. The van der Waals surface area contributed by atoms with Crippen molar-refractivity contribution in [2.75, 3.05) is 11.2 Å². The number of nitriles is 1. The first-order valence-electron chi connectivity index (χ1n) is 7.38. The van der Waals surface area contributed by atoms with Crippen LogP contribution in [-0.2, 0) is 0 Å². The summed E-state index contributed by atoms with van der Waals surface area (Å²) in [7, 11) is 0. The van der Waals surface area contributed by atoms with Gasteiger partial charge in [-0.1, -0.05) is 19.4 Å². The van der Waals surface area contributed by atoms with Gasteiger partial charge >= 0.3 is 0 Å². The minimum atomic E-state index is 0.507. The van der Waals surface area contributed by atoms with Crippen molar-refractivity contribution in [3.63, 3.8) is 0 Å². The number of hydrazine groups is 1. The van der Waals surface area contributed by atoms with Crippen LogP contribution < -0.4 is 5.43 Å². The molecule has 0 aliphatic carbocycles. The zero-order valence-electron chi connectivity index (χ0n) is 12.5. The third kappa shape index (κ3) is 3.28. The van der Waals surface area contributed by atoms with Crippen LogP contribution in [-0.4, -0.2) is 22.8 Å². The number of thioether (sulfide) groups is 1. The molecule has 0 bridgehead atoms. The van der Waals surface area contributed by atoms with E-state index in [2.05, 4.69) is 37.3 Å². The van der Waals surface area contributed by atoms with Crippen LogP contribution in [0.1, 0.15) is 45.6 Å². The average Bonchev–Trinajstić information content (AvgIpc) is 2.43. The number of hydrogen-bond donors (Lipinski definition) is 1. The maximum atomic E-state index is 9.47. The Labute approximate surface area is 126 Å². The second-order valence-electron chi connectivity index (χ2n) is 5.37. The highest BCUT2D eigenvalue weighted by Gasteiger charge is 2.25. The first-order valence-corrected chi connectivity index (χ1v) is 8.36. The van der Waals surface area contributed by atoms with E-state index < -0.39 is 0 Å². The molecule has 3 nitrogen and oxygen atoms in total. The van der Waals surface area contributed by atoms with Crippen molar-refractivity contribution in [2.24, 2.45) is 0 Å². The summed E-state index contributed by atoms with van der Waals surface area (Å²) >= 11 is 1.72. The van der Waals surface area contributed by atoms with Crippen LogP contribution in [0.2, 0.25) is 0 Å². The van der Waals surface area contributed by atoms with Crippen LogP contribution in [0.25, 0.3) is 0 Å². The zero-order valence-corrected chi connectivity index (χ0v) is 13.3. The molecular weight excluding hydrogens is 266 g/mol. The molecule has 0 amide bonds. The highest BCUT2D eigenvalue weighted by molar-refractivity contribution is 7.99. The standard InChI is InChI=1S/C16H23N3S/c1-4-20-16-10-6-9-15(14(16)11-17)18-19-12(2)7-5-8-13(19)3/h6,9-10,12-13,18H,4-5,7-8H2,1-3H3. The van der Waals surface area contributed by atoms with Crippen molar-refractivity contribution in [3.05, 3.63) is 23.8 Å². The van der Waals surface area contributed by atoms with E-state index in [9.17, 15) is 5.26 Å². The Morgan fingerprint density at radius 1 is 1.35 bits per heavy atom. The summed E-state index contributed by atoms with van der Waals surface area (Å²) in [4.78, 5) is 1.07. The fourth-order valence-corrected chi connectivity index (χ4v) is 3.58. The quantitative estimate of drug-likeness (QED) is 0.841. The van der Waals surface area contributed by atoms with Crippen molar-refractivity contribution in [2.45, 2.75) is 57.0 Å². The van der Waals surface area contributed by atoms with Crippen LogP contribution in [0.15, 0.2) is 23.1 Å². The molecule has 1 saturated heterocycles. The molecule has 4 heteroatoms. The average molecular weight is 289 g/mol. The summed E-state index contributed by atoms with van der Waals surface area (Å²) in [5, 5.41) is 11.8. The van der Waals surface area contributed by atoms with Gasteiger partial charge < -0.3 is 5.43 Å². The number of rotatable bonds is 4. The minimum absolute atomic E-state index is 0.507. The largest absolute Gasteiger partial charge is 0.317 e. The van der Waals surface area contributed by atoms with E-state index in [0.717, 1.165) is 21.9 Å². The lowest BCUT2D eigenvalue weighted by atomic mass is 10.00. The summed E-state index contributed by atoms with van der Waals surface area (Å²) in [6.07, 6.45) is 3.71. The molecule has 0 spiro atoms. The minimum Gasteiger partial charge on any atom is -0.317 e. The van der Waals surface area contributed by atoms with Crippen molar-refractivity contribution in [1.82, 2.24) is 5.01 Å². The molecule has 0 saturated carbocycles. The van der Waals surface area contributed by atoms with Gasteiger partial charge in [0.1, 0.15) is 6.07 Å². The Balaban J connectivity index is 2.24. The Morgan fingerprint density at radius 3 is 2.65 bits per heavy atom. The van der Waals surface area contributed by atoms with Gasteiger partial charge in [0.15, 0.2) is 0 Å². The van der Waals surface area contributed by atoms with Gasteiger partial charge in [-0.2, -0.15) is 5.26 Å². The van der Waals surface area contributed by atoms with Crippen LogP contribution in [0.5, 0.6) is 0 Å². The SMILES string of the molecule is CCSc1cccc(NN2C(C)CCCC2C)c1C#N. The Hall–Kier alpha value is -1.18. The number of hydrogen-bond acceptors (Lipinski definition) is 4. The molecule has 2 atom stereocenters. The first kappa shape index (κ1) is 15.2. The van der Waals surface area contributed by atoms with Gasteiger partial charge in [0.05, 0.1) is 11.3 Å². The summed E-state index contributed by atoms with van der Waals surface area (Å²) in [6.45, 7) is 6.61. The van der Waals surface area contributed by atoms with E-state index in [4.69, 9.17) is 0 Å². The molecular formula is C16H23N3S. The van der Waals surface area contributed by atoms with E-state index in [1.165, 1.54) is 19.3 Å². The smallest absolute Gasteiger partial charge is 0.103 e. The summed E-state index contributed by atoms with van der Waals surface area (Å²) in [6, 6.07) is 9.44. The van der Waals surface area contributed by atoms with Crippen LogP contribution in [0.3, 0.4) is 0 Å². The van der Waals surface area contributed by atoms with Crippen LogP contribution in [0.4, 0.5) is 5.69 Å².